The van der Waals surface area contributed by atoms with E-state index in [9.17, 15) is 9.59 Å². The van der Waals surface area contributed by atoms with Crippen molar-refractivity contribution in [1.29, 1.82) is 0 Å². The van der Waals surface area contributed by atoms with Crippen LogP contribution >= 0.6 is 39.1 Å². The zero-order valence-corrected chi connectivity index (χ0v) is 14.1. The molecule has 0 aliphatic heterocycles. The average Bonchev–Trinajstić information content (AvgIpc) is 2.38. The molecule has 110 valence electrons. The van der Waals surface area contributed by atoms with Crippen molar-refractivity contribution in [2.24, 2.45) is 0 Å². The summed E-state index contributed by atoms with van der Waals surface area (Å²) in [5.41, 5.74) is -1.05. The molecule has 1 aromatic rings. The lowest BCUT2D eigenvalue weighted by molar-refractivity contribution is -0.146. The van der Waals surface area contributed by atoms with Gasteiger partial charge >= 0.3 is 12.0 Å². The van der Waals surface area contributed by atoms with Gasteiger partial charge in [0.1, 0.15) is 5.54 Å². The topological polar surface area (TPSA) is 69.6 Å². The van der Waals surface area contributed by atoms with Gasteiger partial charge in [-0.3, -0.25) is 0 Å². The highest BCUT2D eigenvalue weighted by Gasteiger charge is 2.35. The smallest absolute Gasteiger partial charge is 0.329 e. The monoisotopic (exact) mass is 382 g/mol. The van der Waals surface area contributed by atoms with Gasteiger partial charge in [-0.15, -0.1) is 0 Å². The minimum absolute atomic E-state index is 0.177. The van der Waals surface area contributed by atoms with Crippen molar-refractivity contribution in [3.8, 4) is 0 Å². The molecule has 0 aliphatic rings. The Labute approximate surface area is 135 Å². The number of nitrogens with zero attached hydrogens (tertiary/aromatic N) is 1. The molecule has 5 nitrogen and oxygen atoms in total. The molecule has 0 aromatic heterocycles. The molecule has 20 heavy (non-hydrogen) atoms. The quantitative estimate of drug-likeness (QED) is 0.772. The Morgan fingerprint density at radius 2 is 1.85 bits per heavy atom. The summed E-state index contributed by atoms with van der Waals surface area (Å²) in [6.07, 6.45) is 0. The largest absolute Gasteiger partial charge is 0.480 e. The fourth-order valence-corrected chi connectivity index (χ4v) is 2.04. The minimum atomic E-state index is -1.35. The van der Waals surface area contributed by atoms with Crippen LogP contribution in [0.15, 0.2) is 16.6 Å². The fraction of sp³-hybridized carbons (Fsp3) is 0.333. The number of hydrogen-bond acceptors (Lipinski definition) is 2. The van der Waals surface area contributed by atoms with Crippen molar-refractivity contribution in [2.75, 3.05) is 12.4 Å². The summed E-state index contributed by atoms with van der Waals surface area (Å²) in [6.45, 7) is 2.84. The van der Waals surface area contributed by atoms with Crippen LogP contribution in [-0.4, -0.2) is 34.6 Å². The van der Waals surface area contributed by atoms with E-state index in [4.69, 9.17) is 28.3 Å². The lowest BCUT2D eigenvalue weighted by atomic mass is 10.1. The fourth-order valence-electron chi connectivity index (χ4n) is 1.22. The molecule has 0 unspecified atom stereocenters. The molecule has 0 saturated carbocycles. The SMILES string of the molecule is CN(C(=O)Nc1ccc(Br)c(Cl)c1Cl)C(C)(C)C(=O)O. The van der Waals surface area contributed by atoms with E-state index < -0.39 is 17.5 Å². The van der Waals surface area contributed by atoms with Gasteiger partial charge in [0, 0.05) is 11.5 Å². The second kappa shape index (κ2) is 6.20. The highest BCUT2D eigenvalue weighted by atomic mass is 79.9. The number of amides is 2. The first kappa shape index (κ1) is 17.1. The van der Waals surface area contributed by atoms with E-state index in [1.807, 2.05) is 0 Å². The highest BCUT2D eigenvalue weighted by molar-refractivity contribution is 9.10. The van der Waals surface area contributed by atoms with E-state index in [-0.39, 0.29) is 10.0 Å². The van der Waals surface area contributed by atoms with Crippen LogP contribution in [0.2, 0.25) is 10.0 Å². The van der Waals surface area contributed by atoms with Crippen molar-refractivity contribution in [1.82, 2.24) is 4.90 Å². The first-order chi connectivity index (χ1) is 9.09. The molecule has 1 rings (SSSR count). The van der Waals surface area contributed by atoms with E-state index in [0.29, 0.717) is 10.2 Å². The highest BCUT2D eigenvalue weighted by Crippen LogP contribution is 2.36. The molecule has 1 aromatic carbocycles. The lowest BCUT2D eigenvalue weighted by Crippen LogP contribution is -2.52. The Morgan fingerprint density at radius 3 is 2.35 bits per heavy atom. The Bertz CT molecular complexity index is 564. The third-order valence-corrected chi connectivity index (χ3v) is 4.71. The van der Waals surface area contributed by atoms with Crippen LogP contribution in [0.25, 0.3) is 0 Å². The zero-order chi connectivity index (χ0) is 15.7. The predicted molar refractivity (Wildman–Crippen MR) is 82.7 cm³/mol. The molecule has 0 atom stereocenters. The molecule has 8 heteroatoms. The normalized spacial score (nSPS) is 11.1. The van der Waals surface area contributed by atoms with Crippen LogP contribution in [0.3, 0.4) is 0 Å². The van der Waals surface area contributed by atoms with Crippen molar-refractivity contribution >= 4 is 56.8 Å². The van der Waals surface area contributed by atoms with Crippen LogP contribution in [0, 0.1) is 0 Å². The predicted octanol–water partition coefficient (Wildman–Crippen LogP) is 4.08. The summed E-state index contributed by atoms with van der Waals surface area (Å²) in [6, 6.07) is 2.60. The summed E-state index contributed by atoms with van der Waals surface area (Å²) in [5.74, 6) is -1.12. The van der Waals surface area contributed by atoms with Gasteiger partial charge in [0.2, 0.25) is 0 Å². The Kier molecular flexibility index (Phi) is 5.29. The van der Waals surface area contributed by atoms with Gasteiger partial charge in [-0.25, -0.2) is 9.59 Å². The van der Waals surface area contributed by atoms with Crippen LogP contribution in [0.5, 0.6) is 0 Å². The van der Waals surface area contributed by atoms with Crippen LogP contribution in [0.1, 0.15) is 13.8 Å². The van der Waals surface area contributed by atoms with E-state index in [0.717, 1.165) is 4.90 Å². The molecule has 0 spiro atoms. The third-order valence-electron chi connectivity index (χ3n) is 2.94. The number of anilines is 1. The molecule has 0 bridgehead atoms. The van der Waals surface area contributed by atoms with E-state index in [2.05, 4.69) is 21.2 Å². The van der Waals surface area contributed by atoms with E-state index >= 15 is 0 Å². The molecule has 0 heterocycles. The van der Waals surface area contributed by atoms with Gasteiger partial charge in [0.15, 0.2) is 0 Å². The molecule has 0 saturated heterocycles. The second-order valence-electron chi connectivity index (χ2n) is 4.58. The van der Waals surface area contributed by atoms with Gasteiger partial charge in [-0.05, 0) is 41.9 Å². The number of carboxylic acid groups (broad SMARTS) is 1. The summed E-state index contributed by atoms with van der Waals surface area (Å²) < 4.78 is 0.599. The van der Waals surface area contributed by atoms with Crippen molar-refractivity contribution in [3.63, 3.8) is 0 Å². The molecule has 0 fully saturated rings. The number of carbonyl (C=O) groups is 2. The molecule has 0 aliphatic carbocycles. The van der Waals surface area contributed by atoms with Crippen LogP contribution in [0.4, 0.5) is 10.5 Å². The molecule has 2 amide bonds. The Morgan fingerprint density at radius 1 is 1.30 bits per heavy atom. The van der Waals surface area contributed by atoms with Crippen molar-refractivity contribution < 1.29 is 14.7 Å². The third kappa shape index (κ3) is 3.37. The van der Waals surface area contributed by atoms with Crippen LogP contribution < -0.4 is 5.32 Å². The summed E-state index contributed by atoms with van der Waals surface area (Å²) >= 11 is 15.2. The van der Waals surface area contributed by atoms with Gasteiger partial charge in [-0.2, -0.15) is 0 Å². The summed E-state index contributed by atoms with van der Waals surface area (Å²) in [7, 11) is 1.39. The number of halogens is 3. The van der Waals surface area contributed by atoms with Gasteiger partial charge in [0.25, 0.3) is 0 Å². The Balaban J connectivity index is 2.98. The zero-order valence-electron chi connectivity index (χ0n) is 11.0. The maximum atomic E-state index is 12.1. The maximum absolute atomic E-state index is 12.1. The number of benzene rings is 1. The first-order valence-corrected chi connectivity index (χ1v) is 7.05. The lowest BCUT2D eigenvalue weighted by Gasteiger charge is -2.31. The number of urea groups is 1. The number of rotatable bonds is 3. The molecular weight excluding hydrogens is 371 g/mol. The number of aliphatic carboxylic acids is 1. The minimum Gasteiger partial charge on any atom is -0.480 e. The number of likely N-dealkylation sites (N-methyl/N-ethyl adjacent to an activating group) is 1. The summed E-state index contributed by atoms with van der Waals surface area (Å²) in [4.78, 5) is 24.2. The van der Waals surface area contributed by atoms with Crippen LogP contribution in [-0.2, 0) is 4.79 Å². The first-order valence-electron chi connectivity index (χ1n) is 5.50. The molecular formula is C12H13BrCl2N2O3. The standard InChI is InChI=1S/C12H13BrCl2N2O3/c1-12(2,10(18)19)17(3)11(20)16-7-5-4-6(13)8(14)9(7)15/h4-5H,1-3H3,(H,16,20)(H,18,19). The van der Waals surface area contributed by atoms with Gasteiger partial charge in [-0.1, -0.05) is 23.2 Å². The van der Waals surface area contributed by atoms with Gasteiger partial charge in [0.05, 0.1) is 15.7 Å². The summed E-state index contributed by atoms with van der Waals surface area (Å²) in [5, 5.41) is 12.1. The van der Waals surface area contributed by atoms with Crippen molar-refractivity contribution in [3.05, 3.63) is 26.7 Å². The van der Waals surface area contributed by atoms with E-state index in [1.54, 1.807) is 12.1 Å². The number of nitrogens with one attached hydrogen (secondary N) is 1. The Hall–Kier alpha value is -0.980. The number of carboxylic acids is 1. The number of carbonyl (C=O) groups excluding carboxylic acids is 1. The second-order valence-corrected chi connectivity index (χ2v) is 6.19. The molecule has 0 radical (unpaired) electrons. The van der Waals surface area contributed by atoms with E-state index in [1.165, 1.54) is 20.9 Å². The molecule has 2 N–H and O–H groups in total. The number of hydrogen-bond donors (Lipinski definition) is 2. The van der Waals surface area contributed by atoms with Gasteiger partial charge < -0.3 is 15.3 Å². The maximum Gasteiger partial charge on any atom is 0.329 e. The van der Waals surface area contributed by atoms with Crippen molar-refractivity contribution in [2.45, 2.75) is 19.4 Å². The average molecular weight is 384 g/mol.